The van der Waals surface area contributed by atoms with E-state index in [1.54, 1.807) is 13.0 Å². The number of ether oxygens (including phenoxy) is 2. The molecule has 1 aliphatic heterocycles. The topological polar surface area (TPSA) is 125 Å². The summed E-state index contributed by atoms with van der Waals surface area (Å²) in [6.45, 7) is 17.3. The van der Waals surface area contributed by atoms with Crippen LogP contribution in [0.1, 0.15) is 79.7 Å². The number of carbonyl (C=O) groups is 1. The first-order valence-electron chi connectivity index (χ1n) is 15.5. The summed E-state index contributed by atoms with van der Waals surface area (Å²) >= 11 is 0.728. The number of hydrogen-bond donors (Lipinski definition) is 2. The molecular weight excluding hydrogens is 676 g/mol. The molecule has 2 aromatic rings. The molecule has 0 fully saturated rings. The number of carbonyl (C=O) groups excluding carboxylic acids is 1. The van der Waals surface area contributed by atoms with Gasteiger partial charge < -0.3 is 19.6 Å². The number of nitrogens with zero attached hydrogens (tertiary/aromatic N) is 3. The minimum Gasteiger partial charge on any atom is -0.444 e. The van der Waals surface area contributed by atoms with Crippen LogP contribution < -0.4 is 11.1 Å². The van der Waals surface area contributed by atoms with Gasteiger partial charge in [-0.2, -0.15) is 26.3 Å². The number of pyridine rings is 1. The highest BCUT2D eigenvalue weighted by atomic mass is 32.2. The van der Waals surface area contributed by atoms with Gasteiger partial charge in [-0.15, -0.1) is 22.0 Å². The molecular formula is C33H47F6N5O4S. The fraction of sp³-hybridized carbons (Fsp3) is 0.515. The number of halogens is 6. The molecule has 0 saturated carbocycles. The maximum atomic E-state index is 14.8. The lowest BCUT2D eigenvalue weighted by Gasteiger charge is -2.32. The number of aromatic nitrogens is 3. The van der Waals surface area contributed by atoms with Crippen LogP contribution in [0.4, 0.5) is 36.8 Å². The zero-order valence-corrected chi connectivity index (χ0v) is 30.1. The number of allylic oxidation sites excluding steroid dienone is 4. The summed E-state index contributed by atoms with van der Waals surface area (Å²) < 4.78 is 103. The van der Waals surface area contributed by atoms with Crippen molar-refractivity contribution in [1.82, 2.24) is 15.2 Å². The lowest BCUT2D eigenvalue weighted by Crippen LogP contribution is -2.45. The third-order valence-electron chi connectivity index (χ3n) is 5.76. The van der Waals surface area contributed by atoms with Crippen molar-refractivity contribution in [2.24, 2.45) is 5.73 Å². The number of alkyl halides is 6. The van der Waals surface area contributed by atoms with Crippen molar-refractivity contribution in [3.05, 3.63) is 66.1 Å². The Morgan fingerprint density at radius 2 is 1.73 bits per heavy atom. The quantitative estimate of drug-likeness (QED) is 0.170. The van der Waals surface area contributed by atoms with Gasteiger partial charge in [0.1, 0.15) is 10.6 Å². The van der Waals surface area contributed by atoms with Crippen LogP contribution in [-0.2, 0) is 21.3 Å². The predicted molar refractivity (Wildman–Crippen MR) is 181 cm³/mol. The number of amides is 1. The molecule has 1 unspecified atom stereocenters. The van der Waals surface area contributed by atoms with Crippen LogP contribution in [0.25, 0.3) is 11.6 Å². The van der Waals surface area contributed by atoms with E-state index in [-0.39, 0.29) is 12.2 Å². The zero-order valence-electron chi connectivity index (χ0n) is 29.3. The number of hydrogen-bond acceptors (Lipinski definition) is 9. The van der Waals surface area contributed by atoms with Crippen LogP contribution in [0.3, 0.4) is 0 Å². The number of anilines is 1. The van der Waals surface area contributed by atoms with Crippen molar-refractivity contribution in [1.29, 1.82) is 0 Å². The highest BCUT2D eigenvalue weighted by molar-refractivity contribution is 7.99. The summed E-state index contributed by atoms with van der Waals surface area (Å²) in [5.41, 5.74) is -1.46. The van der Waals surface area contributed by atoms with Crippen molar-refractivity contribution < 1.29 is 45.0 Å². The minimum atomic E-state index is -5.08. The molecule has 3 rings (SSSR count). The average molecular weight is 724 g/mol. The summed E-state index contributed by atoms with van der Waals surface area (Å²) in [4.78, 5) is 16.6. The molecule has 2 aromatic heterocycles. The van der Waals surface area contributed by atoms with Crippen LogP contribution in [-0.4, -0.2) is 52.5 Å². The number of nitrogens with one attached hydrogen (secondary N) is 1. The van der Waals surface area contributed by atoms with Crippen molar-refractivity contribution >= 4 is 23.5 Å². The molecule has 0 radical (unpaired) electrons. The third kappa shape index (κ3) is 13.3. The summed E-state index contributed by atoms with van der Waals surface area (Å²) in [6, 6.07) is 0.603. The molecule has 49 heavy (non-hydrogen) atoms. The Hall–Kier alpha value is -3.63. The van der Waals surface area contributed by atoms with Crippen molar-refractivity contribution in [2.45, 2.75) is 96.8 Å². The number of thioether (sulfide) groups is 1. The van der Waals surface area contributed by atoms with Gasteiger partial charge in [0.25, 0.3) is 11.8 Å². The van der Waals surface area contributed by atoms with Crippen molar-refractivity contribution in [2.75, 3.05) is 24.7 Å². The van der Waals surface area contributed by atoms with Gasteiger partial charge in [-0.25, -0.2) is 9.78 Å². The van der Waals surface area contributed by atoms with E-state index in [1.165, 1.54) is 58.2 Å². The molecule has 0 spiro atoms. The van der Waals surface area contributed by atoms with Crippen LogP contribution in [0, 0.1) is 0 Å². The molecule has 0 aliphatic carbocycles. The van der Waals surface area contributed by atoms with Crippen LogP contribution in [0.5, 0.6) is 0 Å². The van der Waals surface area contributed by atoms with E-state index in [0.717, 1.165) is 11.8 Å². The van der Waals surface area contributed by atoms with Crippen LogP contribution in [0.15, 0.2) is 64.1 Å². The molecule has 1 aliphatic rings. The standard InChI is InChI=1S/C28H30F6N4O4S.2C2H6.CH5N/c1-6-8-12-17(7-2)16-40-26(28(32,33)34)13-10-9-11-14-43-22-18(27(29,30)31)15-19(35-24(39)42-25(3,4)5)20(36-22)21-37-38-23(26)41-21;3*1-2/h6-10,12,15H,1,11,13-14,16H2,2-5H3,(H,35,39);2*1-2H3;2H2,1H3/b10-9+,12-8-,17-7+;;;. The van der Waals surface area contributed by atoms with E-state index in [0.29, 0.717) is 11.6 Å². The maximum Gasteiger partial charge on any atom is 0.426 e. The highest BCUT2D eigenvalue weighted by Gasteiger charge is 2.61. The molecule has 9 nitrogen and oxygen atoms in total. The molecule has 3 N–H and O–H groups in total. The first kappa shape index (κ1) is 45.4. The fourth-order valence-corrected chi connectivity index (χ4v) is 4.64. The Kier molecular flexibility index (Phi) is 19.2. The normalized spacial score (nSPS) is 17.3. The molecule has 276 valence electrons. The highest BCUT2D eigenvalue weighted by Crippen LogP contribution is 2.47. The molecule has 1 atom stereocenters. The lowest BCUT2D eigenvalue weighted by atomic mass is 9.97. The molecule has 4 bridgehead atoms. The number of rotatable bonds is 6. The summed E-state index contributed by atoms with van der Waals surface area (Å²) in [7, 11) is 1.50. The van der Waals surface area contributed by atoms with Gasteiger partial charge in [-0.1, -0.05) is 70.7 Å². The Morgan fingerprint density at radius 1 is 1.10 bits per heavy atom. The van der Waals surface area contributed by atoms with Crippen molar-refractivity contribution in [3.8, 4) is 11.6 Å². The first-order chi connectivity index (χ1) is 23.0. The number of fused-ring (bicyclic) bond motifs is 5. The van der Waals surface area contributed by atoms with E-state index in [9.17, 15) is 31.1 Å². The van der Waals surface area contributed by atoms with Gasteiger partial charge in [-0.05, 0) is 52.8 Å². The predicted octanol–water partition coefficient (Wildman–Crippen LogP) is 10.0. The van der Waals surface area contributed by atoms with Gasteiger partial charge in [0.2, 0.25) is 5.60 Å². The van der Waals surface area contributed by atoms with Gasteiger partial charge in [0, 0.05) is 12.2 Å². The lowest BCUT2D eigenvalue weighted by molar-refractivity contribution is -0.289. The second-order valence-corrected chi connectivity index (χ2v) is 11.2. The van der Waals surface area contributed by atoms with E-state index >= 15 is 0 Å². The fourth-order valence-electron chi connectivity index (χ4n) is 3.71. The molecule has 0 saturated heterocycles. The van der Waals surface area contributed by atoms with E-state index in [2.05, 4.69) is 32.8 Å². The van der Waals surface area contributed by atoms with Gasteiger partial charge in [0.15, 0.2) is 5.69 Å². The molecule has 3 heterocycles. The Morgan fingerprint density at radius 3 is 2.27 bits per heavy atom. The Labute approximate surface area is 288 Å². The molecule has 16 heteroatoms. The second kappa shape index (κ2) is 20.8. The van der Waals surface area contributed by atoms with Crippen LogP contribution >= 0.6 is 11.8 Å². The monoisotopic (exact) mass is 723 g/mol. The molecule has 1 amide bonds. The van der Waals surface area contributed by atoms with E-state index in [4.69, 9.17) is 13.9 Å². The van der Waals surface area contributed by atoms with Gasteiger partial charge in [0.05, 0.1) is 17.9 Å². The van der Waals surface area contributed by atoms with E-state index in [1.807, 2.05) is 27.7 Å². The largest absolute Gasteiger partial charge is 0.444 e. The smallest absolute Gasteiger partial charge is 0.426 e. The first-order valence-corrected chi connectivity index (χ1v) is 16.5. The number of nitrogens with two attached hydrogens (primary N) is 1. The van der Waals surface area contributed by atoms with E-state index < -0.39 is 76.4 Å². The van der Waals surface area contributed by atoms with Crippen LogP contribution in [0.2, 0.25) is 0 Å². The van der Waals surface area contributed by atoms with Gasteiger partial charge in [-0.3, -0.25) is 5.32 Å². The van der Waals surface area contributed by atoms with Gasteiger partial charge >= 0.3 is 18.4 Å². The third-order valence-corrected chi connectivity index (χ3v) is 6.78. The Bertz CT molecular complexity index is 1420. The minimum absolute atomic E-state index is 0.0497. The summed E-state index contributed by atoms with van der Waals surface area (Å²) in [5.74, 6) is -1.62. The Balaban J connectivity index is 0.00000363. The molecule has 0 aromatic carbocycles. The van der Waals surface area contributed by atoms with Crippen molar-refractivity contribution in [3.63, 3.8) is 0 Å². The summed E-state index contributed by atoms with van der Waals surface area (Å²) in [6.07, 6.45) is -3.11. The average Bonchev–Trinajstić information content (AvgIpc) is 3.53. The zero-order chi connectivity index (χ0) is 38.1. The summed E-state index contributed by atoms with van der Waals surface area (Å²) in [5, 5.41) is 9.00. The second-order valence-electron chi connectivity index (χ2n) is 10.2. The maximum absolute atomic E-state index is 14.8. The SMILES string of the molecule is C=C/C=C\C(=C/C)COC1(C(F)(F)F)C/C=C/CCSc2nc(c(NC(=O)OC(C)(C)C)cc2C(F)(F)F)-c2nnc1o2.CC.CC.CN.